The van der Waals surface area contributed by atoms with Gasteiger partial charge in [0, 0.05) is 5.56 Å². The van der Waals surface area contributed by atoms with Crippen LogP contribution in [0.2, 0.25) is 0 Å². The Morgan fingerprint density at radius 3 is 2.45 bits per heavy atom. The quantitative estimate of drug-likeness (QED) is 0.559. The van der Waals surface area contributed by atoms with Crippen molar-refractivity contribution in [2.24, 2.45) is 0 Å². The van der Waals surface area contributed by atoms with Crippen molar-refractivity contribution in [2.75, 3.05) is 6.61 Å². The average Bonchev–Trinajstić information content (AvgIpc) is 2.48. The van der Waals surface area contributed by atoms with Gasteiger partial charge >= 0.3 is 0 Å². The predicted octanol–water partition coefficient (Wildman–Crippen LogP) is 4.74. The van der Waals surface area contributed by atoms with Crippen molar-refractivity contribution in [1.29, 1.82) is 0 Å². The van der Waals surface area contributed by atoms with Crippen LogP contribution in [0.25, 0.3) is 11.1 Å². The molecule has 0 fully saturated rings. The van der Waals surface area contributed by atoms with E-state index in [1.807, 2.05) is 42.5 Å². The van der Waals surface area contributed by atoms with Crippen LogP contribution in [0.3, 0.4) is 0 Å². The van der Waals surface area contributed by atoms with E-state index >= 15 is 0 Å². The largest absolute Gasteiger partial charge is 0.494 e. The van der Waals surface area contributed by atoms with Crippen LogP contribution in [0.4, 0.5) is 0 Å². The summed E-state index contributed by atoms with van der Waals surface area (Å²) >= 11 is 0. The summed E-state index contributed by atoms with van der Waals surface area (Å²) in [5.41, 5.74) is 2.94. The lowest BCUT2D eigenvalue weighted by Gasteiger charge is -2.08. The summed E-state index contributed by atoms with van der Waals surface area (Å²) < 4.78 is 5.72. The zero-order chi connectivity index (χ0) is 14.4. The van der Waals surface area contributed by atoms with Gasteiger partial charge in [0.1, 0.15) is 5.75 Å². The van der Waals surface area contributed by atoms with Gasteiger partial charge in [-0.05, 0) is 36.6 Å². The molecule has 0 aliphatic carbocycles. The molecule has 0 saturated carbocycles. The van der Waals surface area contributed by atoms with Crippen molar-refractivity contribution in [1.82, 2.24) is 0 Å². The number of rotatable bonds is 6. The topological polar surface area (TPSA) is 26.3 Å². The first-order valence-corrected chi connectivity index (χ1v) is 7.05. The minimum Gasteiger partial charge on any atom is -0.494 e. The second kappa shape index (κ2) is 6.90. The molecule has 0 heterocycles. The third-order valence-electron chi connectivity index (χ3n) is 3.23. The zero-order valence-electron chi connectivity index (χ0n) is 12.1. The highest BCUT2D eigenvalue weighted by Gasteiger charge is 2.02. The molecule has 0 radical (unpaired) electrons. The van der Waals surface area contributed by atoms with Gasteiger partial charge in [0.05, 0.1) is 6.61 Å². The average molecular weight is 268 g/mol. The summed E-state index contributed by atoms with van der Waals surface area (Å²) in [5.74, 6) is 0.986. The van der Waals surface area contributed by atoms with Crippen LogP contribution in [0.1, 0.15) is 37.0 Å². The number of Topliss-reactive ketones (excluding diaryl/α,β-unsaturated/α-hetero) is 1. The molecule has 2 heteroatoms. The van der Waals surface area contributed by atoms with Crippen LogP contribution >= 0.6 is 0 Å². The molecule has 20 heavy (non-hydrogen) atoms. The molecule has 0 aliphatic rings. The van der Waals surface area contributed by atoms with Gasteiger partial charge in [-0.2, -0.15) is 0 Å². The Kier molecular flexibility index (Phi) is 4.94. The Bertz CT molecular complexity index is 570. The summed E-state index contributed by atoms with van der Waals surface area (Å²) in [6, 6.07) is 15.7. The summed E-state index contributed by atoms with van der Waals surface area (Å²) in [4.78, 5) is 11.3. The van der Waals surface area contributed by atoms with E-state index in [4.69, 9.17) is 4.74 Å². The maximum atomic E-state index is 11.3. The van der Waals surface area contributed by atoms with Gasteiger partial charge in [0.15, 0.2) is 5.78 Å². The van der Waals surface area contributed by atoms with Crippen molar-refractivity contribution in [3.05, 3.63) is 54.1 Å². The summed E-state index contributed by atoms with van der Waals surface area (Å²) in [5, 5.41) is 0. The van der Waals surface area contributed by atoms with E-state index in [2.05, 4.69) is 13.0 Å². The number of ketones is 1. The lowest BCUT2D eigenvalue weighted by atomic mass is 10.0. The van der Waals surface area contributed by atoms with Gasteiger partial charge in [0.25, 0.3) is 0 Å². The van der Waals surface area contributed by atoms with E-state index in [0.717, 1.165) is 41.9 Å². The minimum atomic E-state index is 0.0909. The van der Waals surface area contributed by atoms with Crippen LogP contribution < -0.4 is 4.74 Å². The van der Waals surface area contributed by atoms with Crippen molar-refractivity contribution in [3.8, 4) is 16.9 Å². The second-order valence-corrected chi connectivity index (χ2v) is 4.86. The maximum Gasteiger partial charge on any atom is 0.159 e. The molecular weight excluding hydrogens is 248 g/mol. The van der Waals surface area contributed by atoms with E-state index in [1.54, 1.807) is 6.92 Å². The lowest BCUT2D eigenvalue weighted by molar-refractivity contribution is 0.101. The first-order chi connectivity index (χ1) is 9.70. The third kappa shape index (κ3) is 3.70. The van der Waals surface area contributed by atoms with Crippen molar-refractivity contribution in [2.45, 2.75) is 26.7 Å². The van der Waals surface area contributed by atoms with Crippen LogP contribution in [0, 0.1) is 0 Å². The van der Waals surface area contributed by atoms with E-state index in [1.165, 1.54) is 0 Å². The molecule has 2 nitrogen and oxygen atoms in total. The summed E-state index contributed by atoms with van der Waals surface area (Å²) in [6.07, 6.45) is 2.20. The highest BCUT2D eigenvalue weighted by Crippen LogP contribution is 2.24. The Morgan fingerprint density at radius 2 is 1.80 bits per heavy atom. The van der Waals surface area contributed by atoms with Crippen molar-refractivity contribution < 1.29 is 9.53 Å². The number of carbonyl (C=O) groups excluding carboxylic acids is 1. The first kappa shape index (κ1) is 14.3. The van der Waals surface area contributed by atoms with Gasteiger partial charge in [0.2, 0.25) is 0 Å². The molecule has 0 bridgehead atoms. The molecular formula is C18H20O2. The molecule has 0 aromatic heterocycles. The van der Waals surface area contributed by atoms with Gasteiger partial charge in [-0.25, -0.2) is 0 Å². The van der Waals surface area contributed by atoms with Crippen LogP contribution in [0.15, 0.2) is 48.5 Å². The number of hydrogen-bond donors (Lipinski definition) is 0. The Hall–Kier alpha value is -2.09. The maximum absolute atomic E-state index is 11.3. The van der Waals surface area contributed by atoms with E-state index < -0.39 is 0 Å². The molecule has 2 aromatic rings. The fraction of sp³-hybridized carbons (Fsp3) is 0.278. The molecule has 0 atom stereocenters. The molecule has 104 valence electrons. The fourth-order valence-corrected chi connectivity index (χ4v) is 2.00. The minimum absolute atomic E-state index is 0.0909. The highest BCUT2D eigenvalue weighted by atomic mass is 16.5. The molecule has 0 spiro atoms. The Labute approximate surface area is 120 Å². The number of hydrogen-bond acceptors (Lipinski definition) is 2. The molecule has 2 rings (SSSR count). The standard InChI is InChI=1S/C18H20O2/c1-3-4-12-20-18-7-5-6-17(13-18)16-10-8-15(9-11-16)14(2)19/h5-11,13H,3-4,12H2,1-2H3. The fourth-order valence-electron chi connectivity index (χ4n) is 2.00. The van der Waals surface area contributed by atoms with Gasteiger partial charge in [-0.3, -0.25) is 4.79 Å². The molecule has 0 N–H and O–H groups in total. The van der Waals surface area contributed by atoms with Crippen LogP contribution in [-0.2, 0) is 0 Å². The summed E-state index contributed by atoms with van der Waals surface area (Å²) in [6.45, 7) is 4.48. The summed E-state index contributed by atoms with van der Waals surface area (Å²) in [7, 11) is 0. The van der Waals surface area contributed by atoms with E-state index in [-0.39, 0.29) is 5.78 Å². The molecule has 0 unspecified atom stereocenters. The van der Waals surface area contributed by atoms with Gasteiger partial charge in [-0.15, -0.1) is 0 Å². The smallest absolute Gasteiger partial charge is 0.159 e. The number of unbranched alkanes of at least 4 members (excludes halogenated alkanes) is 1. The predicted molar refractivity (Wildman–Crippen MR) is 82.3 cm³/mol. The van der Waals surface area contributed by atoms with Crippen molar-refractivity contribution >= 4 is 5.78 Å². The third-order valence-corrected chi connectivity index (χ3v) is 3.23. The lowest BCUT2D eigenvalue weighted by Crippen LogP contribution is -1.96. The van der Waals surface area contributed by atoms with Gasteiger partial charge in [-0.1, -0.05) is 49.7 Å². The Balaban J connectivity index is 2.15. The number of carbonyl (C=O) groups is 1. The van der Waals surface area contributed by atoms with E-state index in [9.17, 15) is 4.79 Å². The first-order valence-electron chi connectivity index (χ1n) is 7.05. The second-order valence-electron chi connectivity index (χ2n) is 4.86. The molecule has 0 saturated heterocycles. The number of ether oxygens (including phenoxy) is 1. The molecule has 2 aromatic carbocycles. The SMILES string of the molecule is CCCCOc1cccc(-c2ccc(C(C)=O)cc2)c1. The monoisotopic (exact) mass is 268 g/mol. The Morgan fingerprint density at radius 1 is 1.05 bits per heavy atom. The van der Waals surface area contributed by atoms with Crippen LogP contribution in [0.5, 0.6) is 5.75 Å². The highest BCUT2D eigenvalue weighted by molar-refractivity contribution is 5.94. The normalized spacial score (nSPS) is 10.3. The zero-order valence-corrected chi connectivity index (χ0v) is 12.1. The van der Waals surface area contributed by atoms with Crippen LogP contribution in [-0.4, -0.2) is 12.4 Å². The molecule has 0 aliphatic heterocycles. The number of benzene rings is 2. The van der Waals surface area contributed by atoms with Gasteiger partial charge < -0.3 is 4.74 Å². The van der Waals surface area contributed by atoms with E-state index in [0.29, 0.717) is 0 Å². The van der Waals surface area contributed by atoms with Crippen molar-refractivity contribution in [3.63, 3.8) is 0 Å². The molecule has 0 amide bonds.